The Morgan fingerprint density at radius 2 is 2.00 bits per heavy atom. The van der Waals surface area contributed by atoms with E-state index in [1.807, 2.05) is 0 Å². The molecule has 1 fully saturated rings. The lowest BCUT2D eigenvalue weighted by molar-refractivity contribution is -0.132. The molecule has 21 heavy (non-hydrogen) atoms. The number of H-pyrrole nitrogens is 1. The second kappa shape index (κ2) is 4.00. The van der Waals surface area contributed by atoms with Crippen LogP contribution in [0.5, 0.6) is 0 Å². The summed E-state index contributed by atoms with van der Waals surface area (Å²) in [7, 11) is 0. The number of aromatic amines is 1. The van der Waals surface area contributed by atoms with Crippen LogP contribution in [-0.2, 0) is 11.2 Å². The molecule has 2 aliphatic heterocycles. The molecule has 0 saturated carbocycles. The Morgan fingerprint density at radius 3 is 2.95 bits per heavy atom. The molecular formula is C18H18N2O. The predicted octanol–water partition coefficient (Wildman–Crippen LogP) is 3.19. The van der Waals surface area contributed by atoms with Crippen LogP contribution in [0.2, 0.25) is 0 Å². The minimum atomic E-state index is 0.206. The number of rotatable bonds is 0. The van der Waals surface area contributed by atoms with Crippen LogP contribution < -0.4 is 0 Å². The summed E-state index contributed by atoms with van der Waals surface area (Å²) in [6, 6.07) is 8.80. The fourth-order valence-corrected chi connectivity index (χ4v) is 4.64. The second-order valence-electron chi connectivity index (χ2n) is 6.50. The van der Waals surface area contributed by atoms with Gasteiger partial charge in [0.05, 0.1) is 6.04 Å². The van der Waals surface area contributed by atoms with Crippen LogP contribution in [-0.4, -0.2) is 22.3 Å². The van der Waals surface area contributed by atoms with E-state index in [1.165, 1.54) is 22.2 Å². The zero-order valence-corrected chi connectivity index (χ0v) is 11.9. The number of hydrogen-bond acceptors (Lipinski definition) is 1. The number of nitrogens with one attached hydrogen (secondary N) is 1. The molecule has 3 atom stereocenters. The molecular weight excluding hydrogens is 260 g/mol. The van der Waals surface area contributed by atoms with Crippen molar-refractivity contribution in [3.8, 4) is 0 Å². The summed E-state index contributed by atoms with van der Waals surface area (Å²) in [4.78, 5) is 18.4. The monoisotopic (exact) mass is 278 g/mol. The quantitative estimate of drug-likeness (QED) is 0.738. The van der Waals surface area contributed by atoms with Crippen molar-refractivity contribution >= 4 is 16.8 Å². The molecule has 1 aromatic carbocycles. The van der Waals surface area contributed by atoms with Gasteiger partial charge in [-0.15, -0.1) is 0 Å². The first-order chi connectivity index (χ1) is 10.3. The van der Waals surface area contributed by atoms with Gasteiger partial charge in [-0.2, -0.15) is 0 Å². The molecule has 1 saturated heterocycles. The van der Waals surface area contributed by atoms with Crippen molar-refractivity contribution in [2.45, 2.75) is 25.3 Å². The van der Waals surface area contributed by atoms with E-state index in [4.69, 9.17) is 0 Å². The number of carbonyl (C=O) groups excluding carboxylic acids is 1. The highest BCUT2D eigenvalue weighted by molar-refractivity contribution is 5.88. The molecule has 1 aromatic heterocycles. The molecule has 1 amide bonds. The van der Waals surface area contributed by atoms with Crippen LogP contribution in [0.4, 0.5) is 0 Å². The van der Waals surface area contributed by atoms with Crippen LogP contribution in [0, 0.1) is 11.8 Å². The Balaban J connectivity index is 1.71. The Labute approximate surface area is 123 Å². The largest absolute Gasteiger partial charge is 0.356 e. The fourth-order valence-electron chi connectivity index (χ4n) is 4.64. The van der Waals surface area contributed by atoms with E-state index >= 15 is 0 Å². The zero-order chi connectivity index (χ0) is 14.0. The van der Waals surface area contributed by atoms with Crippen molar-refractivity contribution in [1.82, 2.24) is 9.88 Å². The van der Waals surface area contributed by atoms with Gasteiger partial charge >= 0.3 is 0 Å². The molecule has 0 spiro atoms. The Kier molecular flexibility index (Phi) is 2.21. The number of aromatic nitrogens is 1. The molecule has 0 unspecified atom stereocenters. The summed E-state index contributed by atoms with van der Waals surface area (Å²) in [5, 5.41) is 1.34. The first-order valence-corrected chi connectivity index (χ1v) is 7.89. The van der Waals surface area contributed by atoms with E-state index in [-0.39, 0.29) is 12.0 Å². The number of carbonyl (C=O) groups is 1. The molecule has 3 heterocycles. The van der Waals surface area contributed by atoms with E-state index in [0.29, 0.717) is 11.8 Å². The summed E-state index contributed by atoms with van der Waals surface area (Å²) in [5.41, 5.74) is 3.96. The highest BCUT2D eigenvalue weighted by Crippen LogP contribution is 2.50. The lowest BCUT2D eigenvalue weighted by Crippen LogP contribution is -2.35. The first-order valence-electron chi connectivity index (χ1n) is 7.89. The van der Waals surface area contributed by atoms with Crippen LogP contribution in [0.3, 0.4) is 0 Å². The Hall–Kier alpha value is -2.03. The molecule has 3 nitrogen and oxygen atoms in total. The molecule has 1 N–H and O–H groups in total. The topological polar surface area (TPSA) is 36.1 Å². The van der Waals surface area contributed by atoms with E-state index in [0.717, 1.165) is 25.8 Å². The molecule has 5 rings (SSSR count). The fraction of sp³-hybridized carbons (Fsp3) is 0.389. The molecule has 0 radical (unpaired) electrons. The number of hydrogen-bond donors (Lipinski definition) is 1. The summed E-state index contributed by atoms with van der Waals surface area (Å²) in [6.07, 6.45) is 7.38. The molecule has 3 aliphatic rings. The van der Waals surface area contributed by atoms with Crippen molar-refractivity contribution in [3.05, 3.63) is 47.7 Å². The Bertz CT molecular complexity index is 773. The van der Waals surface area contributed by atoms with Crippen LogP contribution in [0.1, 0.15) is 30.1 Å². The van der Waals surface area contributed by atoms with Crippen molar-refractivity contribution in [3.63, 3.8) is 0 Å². The highest BCUT2D eigenvalue weighted by Gasteiger charge is 2.50. The van der Waals surface area contributed by atoms with Gasteiger partial charge in [-0.05, 0) is 30.9 Å². The van der Waals surface area contributed by atoms with Crippen LogP contribution in [0.25, 0.3) is 10.9 Å². The van der Waals surface area contributed by atoms with Gasteiger partial charge in [-0.1, -0.05) is 30.4 Å². The molecule has 2 aromatic rings. The maximum Gasteiger partial charge on any atom is 0.226 e. The number of para-hydroxylation sites is 1. The summed E-state index contributed by atoms with van der Waals surface area (Å²) in [5.74, 6) is 1.03. The third-order valence-corrected chi connectivity index (χ3v) is 5.57. The molecule has 1 aliphatic carbocycles. The third kappa shape index (κ3) is 1.41. The number of fused-ring (bicyclic) bond motifs is 7. The first kappa shape index (κ1) is 11.6. The molecule has 3 heteroatoms. The van der Waals surface area contributed by atoms with Gasteiger partial charge in [-0.3, -0.25) is 4.79 Å². The molecule has 106 valence electrons. The minimum absolute atomic E-state index is 0.206. The van der Waals surface area contributed by atoms with Crippen LogP contribution in [0.15, 0.2) is 36.4 Å². The van der Waals surface area contributed by atoms with E-state index in [2.05, 4.69) is 46.3 Å². The van der Waals surface area contributed by atoms with Crippen molar-refractivity contribution in [2.75, 3.05) is 6.54 Å². The van der Waals surface area contributed by atoms with Crippen molar-refractivity contribution in [1.29, 1.82) is 0 Å². The van der Waals surface area contributed by atoms with Gasteiger partial charge in [0.1, 0.15) is 0 Å². The lowest BCUT2D eigenvalue weighted by atomic mass is 9.79. The lowest BCUT2D eigenvalue weighted by Gasteiger charge is -2.33. The van der Waals surface area contributed by atoms with Crippen molar-refractivity contribution < 1.29 is 4.79 Å². The van der Waals surface area contributed by atoms with Crippen LogP contribution >= 0.6 is 0 Å². The zero-order valence-electron chi connectivity index (χ0n) is 11.9. The third-order valence-electron chi connectivity index (χ3n) is 5.57. The number of allylic oxidation sites excluding steroid dienone is 2. The number of nitrogens with zero attached hydrogens (tertiary/aromatic N) is 1. The molecule has 0 bridgehead atoms. The SMILES string of the molecule is O=C1[C@@H]2CC=CC[C@@H]2[C@@H]2c3[nH]c4ccccc4c3CCN12. The summed E-state index contributed by atoms with van der Waals surface area (Å²) < 4.78 is 0. The average Bonchev–Trinajstić information content (AvgIpc) is 3.04. The van der Waals surface area contributed by atoms with Gasteiger partial charge in [0, 0.05) is 35.0 Å². The maximum absolute atomic E-state index is 12.7. The maximum atomic E-state index is 12.7. The highest BCUT2D eigenvalue weighted by atomic mass is 16.2. The second-order valence-corrected chi connectivity index (χ2v) is 6.50. The standard InChI is InChI=1S/C18H18N2O/c21-18-14-7-2-1-6-13(14)17-16-12(9-10-20(17)18)11-5-3-4-8-15(11)19-16/h1-5,8,13-14,17,19H,6-7,9-10H2/t13-,14+,17+/m0/s1. The van der Waals surface area contributed by atoms with Gasteiger partial charge < -0.3 is 9.88 Å². The summed E-state index contributed by atoms with van der Waals surface area (Å²) >= 11 is 0. The van der Waals surface area contributed by atoms with Gasteiger partial charge in [0.2, 0.25) is 5.91 Å². The van der Waals surface area contributed by atoms with Gasteiger partial charge in [-0.25, -0.2) is 0 Å². The number of amides is 1. The normalized spacial score (nSPS) is 30.4. The van der Waals surface area contributed by atoms with E-state index in [1.54, 1.807) is 0 Å². The average molecular weight is 278 g/mol. The van der Waals surface area contributed by atoms with Gasteiger partial charge in [0.15, 0.2) is 0 Å². The minimum Gasteiger partial charge on any atom is -0.356 e. The van der Waals surface area contributed by atoms with Gasteiger partial charge in [0.25, 0.3) is 0 Å². The Morgan fingerprint density at radius 1 is 1.14 bits per heavy atom. The smallest absolute Gasteiger partial charge is 0.226 e. The van der Waals surface area contributed by atoms with Crippen molar-refractivity contribution in [2.24, 2.45) is 11.8 Å². The number of benzene rings is 1. The van der Waals surface area contributed by atoms with E-state index < -0.39 is 0 Å². The predicted molar refractivity (Wildman–Crippen MR) is 81.8 cm³/mol. The summed E-state index contributed by atoms with van der Waals surface area (Å²) in [6.45, 7) is 0.880. The van der Waals surface area contributed by atoms with E-state index in [9.17, 15) is 4.79 Å².